The molecule has 0 radical (unpaired) electrons. The lowest BCUT2D eigenvalue weighted by atomic mass is 9.94. The molecule has 1 fully saturated rings. The number of hydrogen-bond acceptors (Lipinski definition) is 5. The molecule has 2 aliphatic rings. The van der Waals surface area contributed by atoms with Crippen molar-refractivity contribution in [3.8, 4) is 0 Å². The highest BCUT2D eigenvalue weighted by Gasteiger charge is 2.29. The molecule has 1 aromatic carbocycles. The first-order chi connectivity index (χ1) is 10.3. The van der Waals surface area contributed by atoms with Gasteiger partial charge in [0, 0.05) is 12.6 Å². The summed E-state index contributed by atoms with van der Waals surface area (Å²) < 4.78 is 5.30. The molecular formula is C15H16N4O2. The Bertz CT molecular complexity index is 678. The first-order valence-electron chi connectivity index (χ1n) is 7.27. The third-order valence-electron chi connectivity index (χ3n) is 3.91. The Labute approximate surface area is 121 Å². The van der Waals surface area contributed by atoms with E-state index < -0.39 is 0 Å². The number of nitrogens with one attached hydrogen (secondary N) is 2. The number of benzene rings is 1. The lowest BCUT2D eigenvalue weighted by molar-refractivity contribution is 0.0937. The molecule has 1 aromatic heterocycles. The molecule has 0 spiro atoms. The van der Waals surface area contributed by atoms with Crippen LogP contribution in [0.4, 0.5) is 0 Å². The van der Waals surface area contributed by atoms with Gasteiger partial charge in [-0.2, -0.15) is 4.98 Å². The maximum atomic E-state index is 11.9. The standard InChI is InChI=1S/C15H16N4O2/c20-14(17-10-5-6-10)13-18-15(21-19-13)12-11-4-2-1-3-9(11)7-8-16-12/h1-4,10,12,16H,5-8H2,(H,17,20). The molecule has 2 N–H and O–H groups in total. The summed E-state index contributed by atoms with van der Waals surface area (Å²) in [5, 5.41) is 10.0. The fourth-order valence-electron chi connectivity index (χ4n) is 2.65. The fraction of sp³-hybridized carbons (Fsp3) is 0.400. The van der Waals surface area contributed by atoms with Gasteiger partial charge in [0.1, 0.15) is 6.04 Å². The van der Waals surface area contributed by atoms with Crippen molar-refractivity contribution in [2.75, 3.05) is 6.54 Å². The molecule has 2 heterocycles. The van der Waals surface area contributed by atoms with Crippen LogP contribution in [0.1, 0.15) is 46.5 Å². The van der Waals surface area contributed by atoms with Crippen LogP contribution in [0.2, 0.25) is 0 Å². The largest absolute Gasteiger partial charge is 0.346 e. The molecule has 1 saturated carbocycles. The SMILES string of the molecule is O=C(NC1CC1)c1noc(C2NCCc3ccccc32)n1. The van der Waals surface area contributed by atoms with Crippen LogP contribution >= 0.6 is 0 Å². The number of rotatable bonds is 3. The van der Waals surface area contributed by atoms with Crippen LogP contribution in [0.3, 0.4) is 0 Å². The van der Waals surface area contributed by atoms with E-state index in [2.05, 4.69) is 32.9 Å². The van der Waals surface area contributed by atoms with Gasteiger partial charge < -0.3 is 15.2 Å². The molecule has 4 rings (SSSR count). The quantitative estimate of drug-likeness (QED) is 0.885. The molecule has 1 unspecified atom stereocenters. The average Bonchev–Trinajstić information content (AvgIpc) is 3.19. The molecule has 1 atom stereocenters. The molecule has 21 heavy (non-hydrogen) atoms. The summed E-state index contributed by atoms with van der Waals surface area (Å²) in [4.78, 5) is 16.2. The minimum Gasteiger partial charge on any atom is -0.346 e. The van der Waals surface area contributed by atoms with Gasteiger partial charge >= 0.3 is 0 Å². The number of nitrogens with zero attached hydrogens (tertiary/aromatic N) is 2. The lowest BCUT2D eigenvalue weighted by Crippen LogP contribution is -2.31. The van der Waals surface area contributed by atoms with Crippen molar-refractivity contribution in [2.24, 2.45) is 0 Å². The Hall–Kier alpha value is -2.21. The number of hydrogen-bond donors (Lipinski definition) is 2. The van der Waals surface area contributed by atoms with Crippen LogP contribution in [0.15, 0.2) is 28.8 Å². The molecule has 6 nitrogen and oxygen atoms in total. The topological polar surface area (TPSA) is 80.0 Å². The van der Waals surface area contributed by atoms with Gasteiger partial charge in [0.25, 0.3) is 11.7 Å². The number of carbonyl (C=O) groups excluding carboxylic acids is 1. The van der Waals surface area contributed by atoms with Gasteiger partial charge in [0.15, 0.2) is 0 Å². The lowest BCUT2D eigenvalue weighted by Gasteiger charge is -2.23. The third-order valence-corrected chi connectivity index (χ3v) is 3.91. The van der Waals surface area contributed by atoms with Crippen molar-refractivity contribution in [3.05, 3.63) is 47.1 Å². The maximum absolute atomic E-state index is 11.9. The van der Waals surface area contributed by atoms with E-state index in [-0.39, 0.29) is 23.8 Å². The maximum Gasteiger partial charge on any atom is 0.292 e. The van der Waals surface area contributed by atoms with Gasteiger partial charge in [0.2, 0.25) is 5.89 Å². The summed E-state index contributed by atoms with van der Waals surface area (Å²) in [6, 6.07) is 8.35. The van der Waals surface area contributed by atoms with Crippen molar-refractivity contribution < 1.29 is 9.32 Å². The van der Waals surface area contributed by atoms with Gasteiger partial charge in [-0.15, -0.1) is 0 Å². The predicted molar refractivity (Wildman–Crippen MR) is 74.8 cm³/mol. The van der Waals surface area contributed by atoms with E-state index in [1.807, 2.05) is 12.1 Å². The van der Waals surface area contributed by atoms with Gasteiger partial charge in [-0.3, -0.25) is 4.79 Å². The normalized spacial score (nSPS) is 20.9. The van der Waals surface area contributed by atoms with Crippen LogP contribution in [0.25, 0.3) is 0 Å². The number of aromatic nitrogens is 2. The van der Waals surface area contributed by atoms with E-state index in [9.17, 15) is 4.79 Å². The Balaban J connectivity index is 1.59. The van der Waals surface area contributed by atoms with Gasteiger partial charge in [0.05, 0.1) is 0 Å². The zero-order valence-corrected chi connectivity index (χ0v) is 11.5. The molecule has 0 bridgehead atoms. The Morgan fingerprint density at radius 2 is 2.19 bits per heavy atom. The highest BCUT2D eigenvalue weighted by molar-refractivity contribution is 5.90. The van der Waals surface area contributed by atoms with Crippen molar-refractivity contribution in [1.29, 1.82) is 0 Å². The molecule has 0 saturated heterocycles. The Morgan fingerprint density at radius 3 is 3.05 bits per heavy atom. The molecule has 6 heteroatoms. The van der Waals surface area contributed by atoms with Crippen LogP contribution in [-0.4, -0.2) is 28.6 Å². The molecule has 2 aromatic rings. The second-order valence-corrected chi connectivity index (χ2v) is 5.54. The zero-order valence-electron chi connectivity index (χ0n) is 11.5. The summed E-state index contributed by atoms with van der Waals surface area (Å²) in [6.07, 6.45) is 3.05. The van der Waals surface area contributed by atoms with E-state index >= 15 is 0 Å². The molecule has 1 amide bonds. The number of amides is 1. The third kappa shape index (κ3) is 2.42. The monoisotopic (exact) mass is 284 g/mol. The summed E-state index contributed by atoms with van der Waals surface area (Å²) in [5.74, 6) is 0.307. The van der Waals surface area contributed by atoms with Crippen LogP contribution in [0, 0.1) is 0 Å². The summed E-state index contributed by atoms with van der Waals surface area (Å²) in [7, 11) is 0. The smallest absolute Gasteiger partial charge is 0.292 e. The Morgan fingerprint density at radius 1 is 1.33 bits per heavy atom. The molecular weight excluding hydrogens is 268 g/mol. The first kappa shape index (κ1) is 12.5. The van der Waals surface area contributed by atoms with E-state index in [1.165, 1.54) is 5.56 Å². The fourth-order valence-corrected chi connectivity index (χ4v) is 2.65. The highest BCUT2D eigenvalue weighted by Crippen LogP contribution is 2.27. The Kier molecular flexibility index (Phi) is 2.96. The summed E-state index contributed by atoms with van der Waals surface area (Å²) in [5.41, 5.74) is 2.42. The molecule has 108 valence electrons. The minimum absolute atomic E-state index is 0.113. The number of fused-ring (bicyclic) bond motifs is 1. The van der Waals surface area contributed by atoms with E-state index in [0.29, 0.717) is 5.89 Å². The van der Waals surface area contributed by atoms with Gasteiger partial charge in [-0.1, -0.05) is 29.4 Å². The minimum atomic E-state index is -0.253. The van der Waals surface area contributed by atoms with Gasteiger partial charge in [-0.05, 0) is 30.4 Å². The van der Waals surface area contributed by atoms with E-state index in [0.717, 1.165) is 31.4 Å². The van der Waals surface area contributed by atoms with E-state index in [1.54, 1.807) is 0 Å². The first-order valence-corrected chi connectivity index (χ1v) is 7.27. The number of carbonyl (C=O) groups is 1. The van der Waals surface area contributed by atoms with Crippen LogP contribution in [0.5, 0.6) is 0 Å². The average molecular weight is 284 g/mol. The zero-order chi connectivity index (χ0) is 14.2. The van der Waals surface area contributed by atoms with Crippen LogP contribution in [-0.2, 0) is 6.42 Å². The predicted octanol–water partition coefficient (Wildman–Crippen LogP) is 1.20. The van der Waals surface area contributed by atoms with E-state index in [4.69, 9.17) is 4.52 Å². The van der Waals surface area contributed by atoms with Gasteiger partial charge in [-0.25, -0.2) is 0 Å². The summed E-state index contributed by atoms with van der Waals surface area (Å²) in [6.45, 7) is 0.855. The highest BCUT2D eigenvalue weighted by atomic mass is 16.5. The molecule has 1 aliphatic carbocycles. The van der Waals surface area contributed by atoms with Crippen molar-refractivity contribution in [2.45, 2.75) is 31.3 Å². The molecule has 1 aliphatic heterocycles. The van der Waals surface area contributed by atoms with Crippen molar-refractivity contribution in [3.63, 3.8) is 0 Å². The second-order valence-electron chi connectivity index (χ2n) is 5.54. The summed E-state index contributed by atoms with van der Waals surface area (Å²) >= 11 is 0. The van der Waals surface area contributed by atoms with Crippen molar-refractivity contribution in [1.82, 2.24) is 20.8 Å². The second kappa shape index (κ2) is 4.96. The van der Waals surface area contributed by atoms with Crippen molar-refractivity contribution >= 4 is 5.91 Å². The van der Waals surface area contributed by atoms with Crippen LogP contribution < -0.4 is 10.6 Å².